The number of fused-ring (bicyclic) bond motifs is 1. The molecule has 0 saturated heterocycles. The first kappa shape index (κ1) is 14.8. The molecule has 0 aliphatic heterocycles. The van der Waals surface area contributed by atoms with Gasteiger partial charge in [0.2, 0.25) is 0 Å². The predicted molar refractivity (Wildman–Crippen MR) is 93.0 cm³/mol. The zero-order chi connectivity index (χ0) is 14.5. The van der Waals surface area contributed by atoms with Crippen LogP contribution in [0.15, 0.2) is 18.3 Å². The van der Waals surface area contributed by atoms with Crippen LogP contribution in [0.2, 0.25) is 0 Å². The topological polar surface area (TPSA) is 30.2 Å². The molecule has 3 rings (SSSR count). The maximum absolute atomic E-state index is 4.49. The average molecular weight is 393 g/mol. The molecule has 1 aliphatic carbocycles. The van der Waals surface area contributed by atoms with Crippen LogP contribution < -0.4 is 0 Å². The van der Waals surface area contributed by atoms with Crippen molar-refractivity contribution in [1.82, 2.24) is 14.6 Å². The maximum atomic E-state index is 4.49. The van der Waals surface area contributed by atoms with Crippen LogP contribution in [-0.4, -0.2) is 14.6 Å². The van der Waals surface area contributed by atoms with Gasteiger partial charge in [-0.3, -0.25) is 0 Å². The highest BCUT2D eigenvalue weighted by molar-refractivity contribution is 14.1. The number of aromatic nitrogens is 3. The standard InChI is InChI=1S/C17H20IN3/c18-16-11-12-17-19-13-15(21(17)20-16)10-9-14-7-5-3-1-2-4-6-8-14/h11-14H,1-8H2. The third-order valence-electron chi connectivity index (χ3n) is 4.09. The third kappa shape index (κ3) is 3.97. The molecule has 0 unspecified atom stereocenters. The van der Waals surface area contributed by atoms with Gasteiger partial charge in [0.1, 0.15) is 9.39 Å². The zero-order valence-electron chi connectivity index (χ0n) is 12.2. The van der Waals surface area contributed by atoms with E-state index in [2.05, 4.69) is 44.5 Å². The maximum Gasteiger partial charge on any atom is 0.155 e. The average Bonchev–Trinajstić information content (AvgIpc) is 2.93. The van der Waals surface area contributed by atoms with Crippen molar-refractivity contribution >= 4 is 28.2 Å². The third-order valence-corrected chi connectivity index (χ3v) is 4.66. The first-order chi connectivity index (χ1) is 10.3. The van der Waals surface area contributed by atoms with E-state index in [1.165, 1.54) is 51.4 Å². The van der Waals surface area contributed by atoms with Gasteiger partial charge < -0.3 is 0 Å². The Morgan fingerprint density at radius 2 is 1.76 bits per heavy atom. The van der Waals surface area contributed by atoms with E-state index >= 15 is 0 Å². The van der Waals surface area contributed by atoms with Gasteiger partial charge >= 0.3 is 0 Å². The van der Waals surface area contributed by atoms with E-state index in [1.807, 2.05) is 22.8 Å². The molecule has 110 valence electrons. The summed E-state index contributed by atoms with van der Waals surface area (Å²) in [6.07, 6.45) is 12.5. The van der Waals surface area contributed by atoms with Crippen LogP contribution in [0.1, 0.15) is 57.1 Å². The molecule has 1 fully saturated rings. The van der Waals surface area contributed by atoms with Crippen LogP contribution in [0.5, 0.6) is 0 Å². The highest BCUT2D eigenvalue weighted by Crippen LogP contribution is 2.21. The normalized spacial score (nSPS) is 17.6. The second kappa shape index (κ2) is 7.26. The van der Waals surface area contributed by atoms with Crippen LogP contribution in [0, 0.1) is 21.5 Å². The van der Waals surface area contributed by atoms with Gasteiger partial charge in [-0.25, -0.2) is 9.50 Å². The summed E-state index contributed by atoms with van der Waals surface area (Å²) in [5.74, 6) is 7.33. The Balaban J connectivity index is 1.79. The van der Waals surface area contributed by atoms with Crippen LogP contribution in [0.25, 0.3) is 5.65 Å². The molecule has 21 heavy (non-hydrogen) atoms. The van der Waals surface area contributed by atoms with Gasteiger partial charge in [0.05, 0.1) is 6.20 Å². The van der Waals surface area contributed by atoms with Crippen LogP contribution in [-0.2, 0) is 0 Å². The Labute approximate surface area is 139 Å². The monoisotopic (exact) mass is 393 g/mol. The van der Waals surface area contributed by atoms with Crippen molar-refractivity contribution in [3.05, 3.63) is 27.7 Å². The van der Waals surface area contributed by atoms with Crippen LogP contribution in [0.4, 0.5) is 0 Å². The number of nitrogens with zero attached hydrogens (tertiary/aromatic N) is 3. The van der Waals surface area contributed by atoms with Gasteiger partial charge in [-0.2, -0.15) is 5.10 Å². The number of hydrogen-bond donors (Lipinski definition) is 0. The molecule has 1 aliphatic rings. The summed E-state index contributed by atoms with van der Waals surface area (Å²) < 4.78 is 2.81. The lowest BCUT2D eigenvalue weighted by atomic mass is 9.97. The highest BCUT2D eigenvalue weighted by atomic mass is 127. The minimum atomic E-state index is 0.538. The molecular formula is C17H20IN3. The number of halogens is 1. The Kier molecular flexibility index (Phi) is 5.13. The van der Waals surface area contributed by atoms with Crippen molar-refractivity contribution in [2.45, 2.75) is 51.4 Å². The SMILES string of the molecule is Ic1ccc2ncc(C#CC3CCCCCCCC3)n2n1. The minimum absolute atomic E-state index is 0.538. The molecule has 2 aromatic rings. The summed E-state index contributed by atoms with van der Waals surface area (Å²) in [6.45, 7) is 0. The predicted octanol–water partition coefficient (Wildman–Crippen LogP) is 4.44. The van der Waals surface area contributed by atoms with Crippen molar-refractivity contribution in [1.29, 1.82) is 0 Å². The van der Waals surface area contributed by atoms with Crippen LogP contribution in [0.3, 0.4) is 0 Å². The van der Waals surface area contributed by atoms with Crippen molar-refractivity contribution in [3.8, 4) is 11.8 Å². The summed E-state index contributed by atoms with van der Waals surface area (Å²) >= 11 is 2.22. The molecule has 0 amide bonds. The summed E-state index contributed by atoms with van der Waals surface area (Å²) in [5.41, 5.74) is 1.78. The molecule has 4 heteroatoms. The second-order valence-electron chi connectivity index (χ2n) is 5.73. The van der Waals surface area contributed by atoms with Gasteiger partial charge in [0.25, 0.3) is 0 Å². The van der Waals surface area contributed by atoms with E-state index in [0.29, 0.717) is 5.92 Å². The lowest BCUT2D eigenvalue weighted by Crippen LogP contribution is -1.99. The minimum Gasteiger partial charge on any atom is -0.234 e. The van der Waals surface area contributed by atoms with E-state index < -0.39 is 0 Å². The fourth-order valence-electron chi connectivity index (χ4n) is 2.89. The first-order valence-corrected chi connectivity index (χ1v) is 8.92. The fourth-order valence-corrected chi connectivity index (χ4v) is 3.28. The molecule has 1 saturated carbocycles. The van der Waals surface area contributed by atoms with Crippen molar-refractivity contribution in [2.24, 2.45) is 5.92 Å². The molecule has 3 nitrogen and oxygen atoms in total. The lowest BCUT2D eigenvalue weighted by Gasteiger charge is -2.07. The van der Waals surface area contributed by atoms with Gasteiger partial charge in [-0.05, 0) is 53.5 Å². The van der Waals surface area contributed by atoms with Crippen molar-refractivity contribution in [3.63, 3.8) is 0 Å². The van der Waals surface area contributed by atoms with Gasteiger partial charge in [-0.1, -0.05) is 44.4 Å². The Morgan fingerprint density at radius 1 is 1.05 bits per heavy atom. The van der Waals surface area contributed by atoms with E-state index in [-0.39, 0.29) is 0 Å². The van der Waals surface area contributed by atoms with Gasteiger partial charge in [-0.15, -0.1) is 0 Å². The Morgan fingerprint density at radius 3 is 2.52 bits per heavy atom. The summed E-state index contributed by atoms with van der Waals surface area (Å²) in [4.78, 5) is 4.37. The van der Waals surface area contributed by atoms with E-state index in [9.17, 15) is 0 Å². The largest absolute Gasteiger partial charge is 0.234 e. The quantitative estimate of drug-likeness (QED) is 0.490. The van der Waals surface area contributed by atoms with E-state index in [0.717, 1.165) is 15.0 Å². The van der Waals surface area contributed by atoms with Crippen molar-refractivity contribution < 1.29 is 0 Å². The smallest absolute Gasteiger partial charge is 0.155 e. The molecule has 2 heterocycles. The molecule has 0 radical (unpaired) electrons. The summed E-state index contributed by atoms with van der Waals surface area (Å²) in [7, 11) is 0. The van der Waals surface area contributed by atoms with Crippen LogP contribution >= 0.6 is 22.6 Å². The Bertz CT molecular complexity index is 655. The van der Waals surface area contributed by atoms with Gasteiger partial charge in [0, 0.05) is 5.92 Å². The number of hydrogen-bond acceptors (Lipinski definition) is 2. The fraction of sp³-hybridized carbons (Fsp3) is 0.529. The molecule has 0 aromatic carbocycles. The van der Waals surface area contributed by atoms with E-state index in [1.54, 1.807) is 0 Å². The van der Waals surface area contributed by atoms with Crippen molar-refractivity contribution in [2.75, 3.05) is 0 Å². The van der Waals surface area contributed by atoms with E-state index in [4.69, 9.17) is 0 Å². The molecule has 0 atom stereocenters. The molecule has 0 bridgehead atoms. The number of rotatable bonds is 0. The Hall–Kier alpha value is -1.09. The summed E-state index contributed by atoms with van der Waals surface area (Å²) in [6, 6.07) is 3.96. The zero-order valence-corrected chi connectivity index (χ0v) is 14.3. The summed E-state index contributed by atoms with van der Waals surface area (Å²) in [5, 5.41) is 4.49. The van der Waals surface area contributed by atoms with Gasteiger partial charge in [0.15, 0.2) is 5.65 Å². The lowest BCUT2D eigenvalue weighted by molar-refractivity contribution is 0.525. The molecule has 0 N–H and O–H groups in total. The molecular weight excluding hydrogens is 373 g/mol. The molecule has 0 spiro atoms. The first-order valence-electron chi connectivity index (χ1n) is 7.85. The molecule has 2 aromatic heterocycles. The number of imidazole rings is 1. The second-order valence-corrected chi connectivity index (χ2v) is 6.84. The highest BCUT2D eigenvalue weighted by Gasteiger charge is 2.08.